The number of aromatic amines is 1. The van der Waals surface area contributed by atoms with E-state index in [4.69, 9.17) is 10.8 Å². The fraction of sp³-hybridized carbons (Fsp3) is 0.143. The maximum absolute atomic E-state index is 12.2. The molecule has 0 spiro atoms. The van der Waals surface area contributed by atoms with Gasteiger partial charge in [-0.15, -0.1) is 0 Å². The minimum absolute atomic E-state index is 0.450. The molecule has 0 radical (unpaired) electrons. The molecule has 4 aromatic heterocycles. The van der Waals surface area contributed by atoms with Crippen LogP contribution in [0.1, 0.15) is 6.42 Å². The molecule has 1 unspecified atom stereocenters. The van der Waals surface area contributed by atoms with E-state index >= 15 is 0 Å². The topological polar surface area (TPSA) is 127 Å². The lowest BCUT2D eigenvalue weighted by atomic mass is 10.1. The van der Waals surface area contributed by atoms with Crippen molar-refractivity contribution in [3.63, 3.8) is 0 Å². The number of H-pyrrole nitrogens is 1. The molecule has 0 amide bonds. The van der Waals surface area contributed by atoms with Crippen molar-refractivity contribution in [3.8, 4) is 11.3 Å². The Morgan fingerprint density at radius 1 is 1.16 bits per heavy atom. The third kappa shape index (κ3) is 3.90. The summed E-state index contributed by atoms with van der Waals surface area (Å²) in [5, 5.41) is 13.5. The summed E-state index contributed by atoms with van der Waals surface area (Å²) in [5.41, 5.74) is 9.74. The SMILES string of the molecule is Nc1nc2cc(-c3ccn[nH]3)ccc2c2nn(CCCNS(=O)c3cccnc3)cc12. The largest absolute Gasteiger partial charge is 0.383 e. The minimum Gasteiger partial charge on any atom is -0.383 e. The molecule has 156 valence electrons. The Morgan fingerprint density at radius 3 is 2.90 bits per heavy atom. The smallest absolute Gasteiger partial charge is 0.135 e. The van der Waals surface area contributed by atoms with E-state index in [1.54, 1.807) is 30.7 Å². The number of nitrogens with one attached hydrogen (secondary N) is 2. The van der Waals surface area contributed by atoms with E-state index in [0.717, 1.165) is 39.5 Å². The number of aromatic nitrogens is 6. The molecular formula is C21H20N8OS. The molecule has 5 rings (SSSR count). The number of nitrogens with zero attached hydrogens (tertiary/aromatic N) is 5. The number of pyridine rings is 2. The number of hydrogen-bond donors (Lipinski definition) is 3. The highest BCUT2D eigenvalue weighted by Gasteiger charge is 2.12. The van der Waals surface area contributed by atoms with Crippen LogP contribution in [0, 0.1) is 0 Å². The maximum atomic E-state index is 12.2. The average Bonchev–Trinajstić information content (AvgIpc) is 3.48. The van der Waals surface area contributed by atoms with Crippen molar-refractivity contribution in [2.45, 2.75) is 17.9 Å². The van der Waals surface area contributed by atoms with Gasteiger partial charge in [0.05, 0.1) is 21.5 Å². The molecule has 31 heavy (non-hydrogen) atoms. The van der Waals surface area contributed by atoms with Crippen LogP contribution in [0.2, 0.25) is 0 Å². The number of hydrogen-bond acceptors (Lipinski definition) is 6. The van der Waals surface area contributed by atoms with E-state index in [-0.39, 0.29) is 0 Å². The van der Waals surface area contributed by atoms with Gasteiger partial charge in [0, 0.05) is 48.8 Å². The van der Waals surface area contributed by atoms with Crippen LogP contribution in [0.15, 0.2) is 66.1 Å². The van der Waals surface area contributed by atoms with Gasteiger partial charge >= 0.3 is 0 Å². The summed E-state index contributed by atoms with van der Waals surface area (Å²) in [6.07, 6.45) is 7.65. The first-order valence-corrected chi connectivity index (χ1v) is 11.0. The van der Waals surface area contributed by atoms with Crippen molar-refractivity contribution in [2.24, 2.45) is 0 Å². The Balaban J connectivity index is 1.33. The maximum Gasteiger partial charge on any atom is 0.135 e. The van der Waals surface area contributed by atoms with Gasteiger partial charge in [-0.2, -0.15) is 10.2 Å². The Morgan fingerprint density at radius 2 is 2.10 bits per heavy atom. The Labute approximate surface area is 180 Å². The van der Waals surface area contributed by atoms with E-state index in [2.05, 4.69) is 24.9 Å². The fourth-order valence-electron chi connectivity index (χ4n) is 3.47. The summed E-state index contributed by atoms with van der Waals surface area (Å²) < 4.78 is 17.1. The van der Waals surface area contributed by atoms with Gasteiger partial charge in [-0.3, -0.25) is 14.8 Å². The van der Waals surface area contributed by atoms with Crippen molar-refractivity contribution in [1.82, 2.24) is 34.7 Å². The Bertz CT molecular complexity index is 1360. The van der Waals surface area contributed by atoms with Gasteiger partial charge < -0.3 is 5.73 Å². The van der Waals surface area contributed by atoms with Crippen molar-refractivity contribution in [2.75, 3.05) is 12.3 Å². The van der Waals surface area contributed by atoms with Gasteiger partial charge in [0.1, 0.15) is 22.3 Å². The second kappa shape index (κ2) is 8.25. The summed E-state index contributed by atoms with van der Waals surface area (Å²) in [6, 6.07) is 11.5. The van der Waals surface area contributed by atoms with E-state index in [1.807, 2.05) is 35.1 Å². The number of benzene rings is 1. The third-order valence-corrected chi connectivity index (χ3v) is 6.12. The molecule has 1 aromatic carbocycles. The first kappa shape index (κ1) is 19.3. The molecule has 0 fully saturated rings. The van der Waals surface area contributed by atoms with Crippen LogP contribution in [0.3, 0.4) is 0 Å². The highest BCUT2D eigenvalue weighted by Crippen LogP contribution is 2.29. The lowest BCUT2D eigenvalue weighted by Crippen LogP contribution is -2.20. The zero-order valence-corrected chi connectivity index (χ0v) is 17.3. The quantitative estimate of drug-likeness (QED) is 0.339. The molecule has 4 N–H and O–H groups in total. The molecule has 0 aliphatic carbocycles. The van der Waals surface area contributed by atoms with Gasteiger partial charge in [0.2, 0.25) is 0 Å². The number of anilines is 1. The number of rotatable bonds is 7. The molecule has 0 saturated carbocycles. The minimum atomic E-state index is -1.27. The predicted molar refractivity (Wildman–Crippen MR) is 120 cm³/mol. The zero-order valence-electron chi connectivity index (χ0n) is 16.5. The highest BCUT2D eigenvalue weighted by molar-refractivity contribution is 7.83. The van der Waals surface area contributed by atoms with Crippen molar-refractivity contribution < 1.29 is 4.21 Å². The molecule has 5 aromatic rings. The van der Waals surface area contributed by atoms with E-state index in [9.17, 15) is 4.21 Å². The van der Waals surface area contributed by atoms with Crippen LogP contribution in [0.5, 0.6) is 0 Å². The summed E-state index contributed by atoms with van der Waals surface area (Å²) in [6.45, 7) is 1.25. The van der Waals surface area contributed by atoms with E-state index in [0.29, 0.717) is 23.8 Å². The monoisotopic (exact) mass is 432 g/mol. The third-order valence-electron chi connectivity index (χ3n) is 4.99. The summed E-state index contributed by atoms with van der Waals surface area (Å²) in [7, 11) is -1.27. The van der Waals surface area contributed by atoms with Crippen molar-refractivity contribution in [1.29, 1.82) is 0 Å². The number of fused-ring (bicyclic) bond motifs is 3. The zero-order chi connectivity index (χ0) is 21.2. The standard InChI is InChI=1S/C21H20N8OS/c22-21-17-13-29(10-2-8-25-31(30)15-3-1-7-23-12-15)28-20(17)16-5-4-14(11-19(16)26-21)18-6-9-24-27-18/h1,3-7,9,11-13,25H,2,8,10H2,(H2,22,26)(H,24,27). The van der Waals surface area contributed by atoms with Crippen LogP contribution < -0.4 is 10.5 Å². The van der Waals surface area contributed by atoms with E-state index < -0.39 is 11.0 Å². The predicted octanol–water partition coefficient (Wildman–Crippen LogP) is 2.65. The summed E-state index contributed by atoms with van der Waals surface area (Å²) >= 11 is 0. The number of nitrogens with two attached hydrogens (primary N) is 1. The summed E-state index contributed by atoms with van der Waals surface area (Å²) in [4.78, 5) is 9.22. The van der Waals surface area contributed by atoms with Gasteiger partial charge in [-0.05, 0) is 36.8 Å². The molecule has 0 aliphatic rings. The van der Waals surface area contributed by atoms with Crippen LogP contribution >= 0.6 is 0 Å². The molecule has 1 atom stereocenters. The van der Waals surface area contributed by atoms with Gasteiger partial charge in [-0.25, -0.2) is 13.9 Å². The van der Waals surface area contributed by atoms with Gasteiger partial charge in [-0.1, -0.05) is 6.07 Å². The first-order valence-electron chi connectivity index (χ1n) is 9.80. The molecule has 10 heteroatoms. The second-order valence-corrected chi connectivity index (χ2v) is 8.36. The molecule has 0 aliphatic heterocycles. The summed E-state index contributed by atoms with van der Waals surface area (Å²) in [5.74, 6) is 0.450. The van der Waals surface area contributed by atoms with Crippen LogP contribution in [-0.4, -0.2) is 40.7 Å². The van der Waals surface area contributed by atoms with Crippen LogP contribution in [0.25, 0.3) is 33.1 Å². The van der Waals surface area contributed by atoms with Crippen LogP contribution in [0.4, 0.5) is 5.82 Å². The lowest BCUT2D eigenvalue weighted by molar-refractivity contribution is 0.578. The number of nitrogen functional groups attached to an aromatic ring is 1. The normalized spacial score (nSPS) is 12.5. The van der Waals surface area contributed by atoms with Crippen molar-refractivity contribution in [3.05, 3.63) is 61.2 Å². The second-order valence-electron chi connectivity index (χ2n) is 7.06. The van der Waals surface area contributed by atoms with E-state index in [1.165, 1.54) is 0 Å². The molecule has 0 saturated heterocycles. The van der Waals surface area contributed by atoms with Crippen molar-refractivity contribution >= 4 is 38.6 Å². The first-order chi connectivity index (χ1) is 15.2. The molecule has 9 nitrogen and oxygen atoms in total. The Kier molecular flexibility index (Phi) is 5.14. The Hall–Kier alpha value is -3.63. The average molecular weight is 433 g/mol. The van der Waals surface area contributed by atoms with Gasteiger partial charge in [0.15, 0.2) is 0 Å². The van der Waals surface area contributed by atoms with Gasteiger partial charge in [0.25, 0.3) is 0 Å². The van der Waals surface area contributed by atoms with Crippen LogP contribution in [-0.2, 0) is 17.5 Å². The molecule has 4 heterocycles. The molecular weight excluding hydrogens is 412 g/mol. The fourth-order valence-corrected chi connectivity index (χ4v) is 4.32. The number of aryl methyl sites for hydroxylation is 1. The highest BCUT2D eigenvalue weighted by atomic mass is 32.2. The lowest BCUT2D eigenvalue weighted by Gasteiger charge is -2.04. The molecule has 0 bridgehead atoms.